The number of aromatic amines is 1. The molecule has 0 bridgehead atoms. The maximum absolute atomic E-state index is 13.8. The molecule has 0 aliphatic rings. The van der Waals surface area contributed by atoms with Gasteiger partial charge in [0, 0.05) is 37.8 Å². The average molecular weight is 605 g/mol. The Hall–Kier alpha value is -4.03. The number of aliphatic hydroxyl groups excluding tert-OH is 1. The normalized spacial score (nSPS) is 12.9. The zero-order chi connectivity index (χ0) is 31.6. The highest BCUT2D eigenvalue weighted by atomic mass is 19.4. The predicted molar refractivity (Wildman–Crippen MR) is 154 cm³/mol. The Kier molecular flexibility index (Phi) is 12.0. The van der Waals surface area contributed by atoms with E-state index in [1.807, 2.05) is 13.8 Å². The number of nitrogens with one attached hydrogen (secondary N) is 3. The van der Waals surface area contributed by atoms with Gasteiger partial charge in [-0.05, 0) is 54.7 Å². The van der Waals surface area contributed by atoms with Crippen LogP contribution >= 0.6 is 0 Å². The molecule has 0 fully saturated rings. The van der Waals surface area contributed by atoms with E-state index in [-0.39, 0.29) is 42.2 Å². The minimum absolute atomic E-state index is 0.0300. The number of H-pyrrole nitrogens is 1. The van der Waals surface area contributed by atoms with Gasteiger partial charge in [-0.2, -0.15) is 13.2 Å². The van der Waals surface area contributed by atoms with Gasteiger partial charge in [0.15, 0.2) is 0 Å². The third-order valence-corrected chi connectivity index (χ3v) is 6.66. The molecule has 12 heteroatoms. The van der Waals surface area contributed by atoms with Crippen LogP contribution in [-0.4, -0.2) is 58.6 Å². The van der Waals surface area contributed by atoms with Crippen molar-refractivity contribution in [3.8, 4) is 0 Å². The van der Waals surface area contributed by atoms with Crippen molar-refractivity contribution in [2.75, 3.05) is 19.6 Å². The highest BCUT2D eigenvalue weighted by Gasteiger charge is 2.31. The lowest BCUT2D eigenvalue weighted by Crippen LogP contribution is -2.49. The van der Waals surface area contributed by atoms with E-state index >= 15 is 0 Å². The van der Waals surface area contributed by atoms with E-state index in [1.54, 1.807) is 35.2 Å². The van der Waals surface area contributed by atoms with E-state index in [1.165, 1.54) is 6.07 Å². The Morgan fingerprint density at radius 1 is 0.977 bits per heavy atom. The second-order valence-electron chi connectivity index (χ2n) is 10.3. The Morgan fingerprint density at radius 2 is 1.65 bits per heavy atom. The van der Waals surface area contributed by atoms with Gasteiger partial charge in [0.2, 0.25) is 5.56 Å². The molecule has 2 atom stereocenters. The van der Waals surface area contributed by atoms with Crippen molar-refractivity contribution in [1.29, 1.82) is 0 Å². The number of benzene rings is 2. The summed E-state index contributed by atoms with van der Waals surface area (Å²) in [5, 5.41) is 16.5. The highest BCUT2D eigenvalue weighted by Crippen LogP contribution is 2.30. The molecule has 3 aromatic rings. The van der Waals surface area contributed by atoms with Crippen molar-refractivity contribution >= 4 is 11.8 Å². The summed E-state index contributed by atoms with van der Waals surface area (Å²) in [4.78, 5) is 42.8. The number of carbonyl (C=O) groups excluding carboxylic acids is 2. The van der Waals surface area contributed by atoms with E-state index in [4.69, 9.17) is 0 Å². The van der Waals surface area contributed by atoms with Crippen LogP contribution in [0, 0.1) is 5.82 Å². The van der Waals surface area contributed by atoms with Crippen molar-refractivity contribution in [3.05, 3.63) is 105 Å². The van der Waals surface area contributed by atoms with Crippen LogP contribution in [0.4, 0.5) is 17.6 Å². The Morgan fingerprint density at radius 3 is 2.28 bits per heavy atom. The van der Waals surface area contributed by atoms with Gasteiger partial charge in [-0.3, -0.25) is 14.4 Å². The Bertz CT molecular complexity index is 1420. The summed E-state index contributed by atoms with van der Waals surface area (Å²) < 4.78 is 53.0. The molecule has 4 N–H and O–H groups in total. The summed E-state index contributed by atoms with van der Waals surface area (Å²) in [5.41, 5.74) is -1.06. The number of rotatable bonds is 14. The van der Waals surface area contributed by atoms with Crippen LogP contribution in [-0.2, 0) is 19.1 Å². The van der Waals surface area contributed by atoms with E-state index in [0.717, 1.165) is 36.6 Å². The second-order valence-corrected chi connectivity index (χ2v) is 10.3. The van der Waals surface area contributed by atoms with E-state index in [9.17, 15) is 37.1 Å². The third-order valence-electron chi connectivity index (χ3n) is 6.66. The summed E-state index contributed by atoms with van der Waals surface area (Å²) in [6.07, 6.45) is -4.33. The zero-order valence-corrected chi connectivity index (χ0v) is 24.0. The SMILES string of the molecule is CCCN(CCC)C(=O)c1cc(C(=O)N[C@@H](Cc2ccccc2)[C@H](O)CNCc2cc(F)cc(C(F)(F)F)c2)[nH]c(=O)c1. The first kappa shape index (κ1) is 33.5. The molecule has 0 aliphatic carbocycles. The molecular weight excluding hydrogens is 568 g/mol. The summed E-state index contributed by atoms with van der Waals surface area (Å²) in [5.74, 6) is -2.15. The Balaban J connectivity index is 1.77. The molecular formula is C31H36F4N4O4. The van der Waals surface area contributed by atoms with E-state index in [2.05, 4.69) is 15.6 Å². The lowest BCUT2D eigenvalue weighted by molar-refractivity contribution is -0.137. The van der Waals surface area contributed by atoms with Crippen molar-refractivity contribution < 1.29 is 32.3 Å². The van der Waals surface area contributed by atoms with Gasteiger partial charge in [-0.1, -0.05) is 44.2 Å². The Labute approximate surface area is 247 Å². The fraction of sp³-hybridized carbons (Fsp3) is 0.387. The molecule has 0 spiro atoms. The first-order valence-corrected chi connectivity index (χ1v) is 14.0. The number of alkyl halides is 3. The number of amides is 2. The van der Waals surface area contributed by atoms with Crippen molar-refractivity contribution in [3.63, 3.8) is 0 Å². The van der Waals surface area contributed by atoms with Gasteiger partial charge in [0.05, 0.1) is 17.7 Å². The molecule has 2 aromatic carbocycles. The maximum Gasteiger partial charge on any atom is 0.416 e. The molecule has 2 amide bonds. The second kappa shape index (κ2) is 15.4. The van der Waals surface area contributed by atoms with Gasteiger partial charge in [-0.15, -0.1) is 0 Å². The molecule has 3 rings (SSSR count). The number of halogens is 4. The van der Waals surface area contributed by atoms with Gasteiger partial charge in [0.25, 0.3) is 11.8 Å². The largest absolute Gasteiger partial charge is 0.416 e. The first-order chi connectivity index (χ1) is 20.4. The number of hydrogen-bond donors (Lipinski definition) is 4. The lowest BCUT2D eigenvalue weighted by Gasteiger charge is -2.25. The smallest absolute Gasteiger partial charge is 0.390 e. The summed E-state index contributed by atoms with van der Waals surface area (Å²) in [6, 6.07) is 12.7. The van der Waals surface area contributed by atoms with Crippen molar-refractivity contribution in [1.82, 2.24) is 20.5 Å². The summed E-state index contributed by atoms with van der Waals surface area (Å²) in [6.45, 7) is 4.51. The minimum atomic E-state index is -4.71. The molecule has 0 unspecified atom stereocenters. The van der Waals surface area contributed by atoms with E-state index < -0.39 is 41.2 Å². The molecule has 43 heavy (non-hydrogen) atoms. The molecule has 0 radical (unpaired) electrons. The number of pyridine rings is 1. The fourth-order valence-corrected chi connectivity index (χ4v) is 4.65. The van der Waals surface area contributed by atoms with Gasteiger partial charge in [-0.25, -0.2) is 4.39 Å². The number of carbonyl (C=O) groups is 2. The number of hydrogen-bond acceptors (Lipinski definition) is 5. The molecule has 0 saturated heterocycles. The zero-order valence-electron chi connectivity index (χ0n) is 24.0. The average Bonchev–Trinajstić information content (AvgIpc) is 2.95. The van der Waals surface area contributed by atoms with Crippen LogP contribution < -0.4 is 16.2 Å². The van der Waals surface area contributed by atoms with Crippen LogP contribution in [0.2, 0.25) is 0 Å². The van der Waals surface area contributed by atoms with Crippen molar-refractivity contribution in [2.24, 2.45) is 0 Å². The maximum atomic E-state index is 13.8. The van der Waals surface area contributed by atoms with Gasteiger partial charge >= 0.3 is 6.18 Å². The number of aliphatic hydroxyl groups is 1. The fourth-order valence-electron chi connectivity index (χ4n) is 4.65. The standard InChI is InChI=1S/C31H36F4N4O4/c1-3-10-39(11-4-2)30(43)22-15-26(37-28(41)16-22)29(42)38-25(14-20-8-6-5-7-9-20)27(40)19-36-18-21-12-23(31(33,34)35)17-24(32)13-21/h5-9,12-13,15-17,25,27,36,40H,3-4,10-11,14,18-19H2,1-2H3,(H,37,41)(H,38,42)/t25-,27+/m0/s1. The van der Waals surface area contributed by atoms with E-state index in [0.29, 0.717) is 19.2 Å². The van der Waals surface area contributed by atoms with Gasteiger partial charge < -0.3 is 25.6 Å². The minimum Gasteiger partial charge on any atom is -0.390 e. The summed E-state index contributed by atoms with van der Waals surface area (Å²) >= 11 is 0. The molecule has 0 saturated carbocycles. The van der Waals surface area contributed by atoms with Crippen LogP contribution in [0.25, 0.3) is 0 Å². The molecule has 1 aromatic heterocycles. The molecule has 232 valence electrons. The monoisotopic (exact) mass is 604 g/mol. The first-order valence-electron chi connectivity index (χ1n) is 14.0. The highest BCUT2D eigenvalue weighted by molar-refractivity contribution is 5.98. The molecule has 0 aliphatic heterocycles. The van der Waals surface area contributed by atoms with Crippen LogP contribution in [0.5, 0.6) is 0 Å². The lowest BCUT2D eigenvalue weighted by atomic mass is 10.0. The third kappa shape index (κ3) is 10.0. The van der Waals surface area contributed by atoms with Crippen LogP contribution in [0.3, 0.4) is 0 Å². The number of nitrogens with zero attached hydrogens (tertiary/aromatic N) is 1. The predicted octanol–water partition coefficient (Wildman–Crippen LogP) is 4.29. The van der Waals surface area contributed by atoms with Gasteiger partial charge in [0.1, 0.15) is 11.5 Å². The van der Waals surface area contributed by atoms with Crippen LogP contribution in [0.15, 0.2) is 65.5 Å². The van der Waals surface area contributed by atoms with Crippen LogP contribution in [0.1, 0.15) is 64.2 Å². The number of aromatic nitrogens is 1. The summed E-state index contributed by atoms with van der Waals surface area (Å²) in [7, 11) is 0. The molecule has 1 heterocycles. The molecule has 8 nitrogen and oxygen atoms in total. The topological polar surface area (TPSA) is 115 Å². The van der Waals surface area contributed by atoms with Crippen molar-refractivity contribution in [2.45, 2.75) is 58.0 Å². The quantitative estimate of drug-likeness (QED) is 0.205.